The van der Waals surface area contributed by atoms with Gasteiger partial charge in [0.25, 0.3) is 5.69 Å². The molecule has 0 spiro atoms. The van der Waals surface area contributed by atoms with Gasteiger partial charge in [0, 0.05) is 28.8 Å². The number of rotatable bonds is 6. The van der Waals surface area contributed by atoms with Gasteiger partial charge in [-0.2, -0.15) is 0 Å². The third-order valence-corrected chi connectivity index (χ3v) is 13.8. The topological polar surface area (TPSA) is 97.8 Å². The summed E-state index contributed by atoms with van der Waals surface area (Å²) in [6.45, 7) is 0. The minimum atomic E-state index is -1.06. The quantitative estimate of drug-likeness (QED) is 0.0955. The molecule has 3 aliphatic heterocycles. The highest BCUT2D eigenvalue weighted by atomic mass is 32.2. The Hall–Kier alpha value is -6.84. The second-order valence-electron chi connectivity index (χ2n) is 14.5. The van der Waals surface area contributed by atoms with Crippen molar-refractivity contribution in [2.75, 3.05) is 4.90 Å². The number of hydrogen-bond donors (Lipinski definition) is 0. The minimum Gasteiger partial charge on any atom is -0.305 e. The van der Waals surface area contributed by atoms with Gasteiger partial charge in [-0.25, -0.2) is 9.88 Å². The number of nitrogens with zero attached hydrogens (tertiary/aromatic N) is 4. The van der Waals surface area contributed by atoms with Crippen molar-refractivity contribution >= 4 is 51.5 Å². The van der Waals surface area contributed by atoms with Crippen molar-refractivity contribution < 1.29 is 14.5 Å². The minimum absolute atomic E-state index is 0.0210. The standard InChI is InChI=1S/C47H30N4O4S/c52-44-39-40(45(53)49(44)33-21-11-4-12-22-33)47(32-19-9-3-10-20-32)38-37(46(39,56-47)31-17-7-2-8-18-31)42(30-25-27-34(28-26-30)51(54)55)50-36-24-14-13-23-35(36)48-41(43(38)50)29-15-5-1-6-16-29/h1-28,39-40H/t39?,40?,46-,47+/m1/s1. The number of thioether (sulfide) groups is 1. The van der Waals surface area contributed by atoms with Gasteiger partial charge >= 0.3 is 0 Å². The number of non-ortho nitro benzene ring substituents is 1. The second kappa shape index (κ2) is 11.8. The molecule has 5 heterocycles. The first-order valence-corrected chi connectivity index (χ1v) is 19.3. The second-order valence-corrected chi connectivity index (χ2v) is 16.0. The van der Waals surface area contributed by atoms with E-state index in [0.717, 1.165) is 61.3 Å². The van der Waals surface area contributed by atoms with E-state index in [-0.39, 0.29) is 17.5 Å². The van der Waals surface area contributed by atoms with Gasteiger partial charge in [-0.15, -0.1) is 11.8 Å². The first-order chi connectivity index (χ1) is 27.4. The summed E-state index contributed by atoms with van der Waals surface area (Å²) in [5.74, 6) is -2.05. The van der Waals surface area contributed by atoms with Crippen LogP contribution < -0.4 is 4.90 Å². The third-order valence-electron chi connectivity index (χ3n) is 11.8. The van der Waals surface area contributed by atoms with Crippen LogP contribution in [-0.4, -0.2) is 26.1 Å². The van der Waals surface area contributed by atoms with E-state index in [9.17, 15) is 10.1 Å². The van der Waals surface area contributed by atoms with E-state index in [1.165, 1.54) is 17.0 Å². The smallest absolute Gasteiger partial charge is 0.269 e. The summed E-state index contributed by atoms with van der Waals surface area (Å²) in [5, 5.41) is 12.0. The summed E-state index contributed by atoms with van der Waals surface area (Å²) in [6.07, 6.45) is 0. The average molecular weight is 747 g/mol. The van der Waals surface area contributed by atoms with Gasteiger partial charge in [-0.05, 0) is 53.1 Å². The van der Waals surface area contributed by atoms with Gasteiger partial charge in [0.05, 0.1) is 59.9 Å². The number of nitro groups is 1. The molecule has 8 nitrogen and oxygen atoms in total. The lowest BCUT2D eigenvalue weighted by Crippen LogP contribution is -2.42. The molecule has 8 aromatic rings. The Morgan fingerprint density at radius 1 is 0.589 bits per heavy atom. The van der Waals surface area contributed by atoms with Crippen LogP contribution in [0.1, 0.15) is 22.3 Å². The molecule has 0 radical (unpaired) electrons. The lowest BCUT2D eigenvalue weighted by Gasteiger charge is -2.36. The highest BCUT2D eigenvalue weighted by molar-refractivity contribution is 8.02. The van der Waals surface area contributed by atoms with Crippen molar-refractivity contribution in [1.82, 2.24) is 9.38 Å². The number of nitro benzene ring substituents is 1. The lowest BCUT2D eigenvalue weighted by molar-refractivity contribution is -0.384. The molecule has 0 aliphatic carbocycles. The number of carbonyl (C=O) groups excluding carboxylic acids is 2. The van der Waals surface area contributed by atoms with E-state index < -0.39 is 26.3 Å². The molecule has 2 bridgehead atoms. The van der Waals surface area contributed by atoms with Gasteiger partial charge < -0.3 is 4.40 Å². The summed E-state index contributed by atoms with van der Waals surface area (Å²) in [4.78, 5) is 49.2. The zero-order valence-electron chi connectivity index (χ0n) is 29.7. The van der Waals surface area contributed by atoms with Gasteiger partial charge in [0.1, 0.15) is 0 Å². The number of anilines is 1. The fourth-order valence-corrected chi connectivity index (χ4v) is 12.1. The van der Waals surface area contributed by atoms with Gasteiger partial charge in [0.15, 0.2) is 0 Å². The summed E-state index contributed by atoms with van der Waals surface area (Å²) in [5.41, 5.74) is 9.85. The summed E-state index contributed by atoms with van der Waals surface area (Å²) < 4.78 is 0.132. The molecular weight excluding hydrogens is 717 g/mol. The van der Waals surface area contributed by atoms with Gasteiger partial charge in [-0.1, -0.05) is 121 Å². The van der Waals surface area contributed by atoms with Gasteiger partial charge in [0.2, 0.25) is 11.8 Å². The molecule has 2 amide bonds. The van der Waals surface area contributed by atoms with E-state index in [4.69, 9.17) is 4.98 Å². The maximum absolute atomic E-state index is 15.4. The van der Waals surface area contributed by atoms with E-state index in [0.29, 0.717) is 5.69 Å². The molecule has 6 aromatic carbocycles. The Morgan fingerprint density at radius 2 is 1.11 bits per heavy atom. The van der Waals surface area contributed by atoms with Crippen LogP contribution in [0.4, 0.5) is 11.4 Å². The van der Waals surface area contributed by atoms with Crippen LogP contribution >= 0.6 is 11.8 Å². The van der Waals surface area contributed by atoms with Crippen LogP contribution in [0.25, 0.3) is 39.1 Å². The largest absolute Gasteiger partial charge is 0.305 e. The van der Waals surface area contributed by atoms with Crippen molar-refractivity contribution in [3.8, 4) is 22.5 Å². The van der Waals surface area contributed by atoms with Crippen LogP contribution in [0.5, 0.6) is 0 Å². The SMILES string of the molecule is O=C1C2C(C(=O)N1c1ccccc1)[C@@]1(c3ccccc3)S[C@]2(c2ccccc2)c2c1c1c(-c3ccccc3)nc3ccccc3n1c2-c1ccc([N+](=O)[O-])cc1. The van der Waals surface area contributed by atoms with Crippen molar-refractivity contribution in [2.24, 2.45) is 11.8 Å². The molecule has 9 heteroatoms. The molecule has 4 atom stereocenters. The van der Waals surface area contributed by atoms with E-state index in [2.05, 4.69) is 40.8 Å². The number of para-hydroxylation sites is 3. The normalized spacial score (nSPS) is 22.2. The van der Waals surface area contributed by atoms with E-state index in [1.807, 2.05) is 109 Å². The van der Waals surface area contributed by atoms with Crippen LogP contribution in [0, 0.1) is 22.0 Å². The van der Waals surface area contributed by atoms with Crippen LogP contribution in [0.2, 0.25) is 0 Å². The fraction of sp³-hybridized carbons (Fsp3) is 0.0851. The number of imide groups is 1. The maximum atomic E-state index is 15.4. The van der Waals surface area contributed by atoms with Crippen LogP contribution in [-0.2, 0) is 19.1 Å². The monoisotopic (exact) mass is 746 g/mol. The van der Waals surface area contributed by atoms with Crippen LogP contribution in [0.3, 0.4) is 0 Å². The Bertz CT molecular complexity index is 2920. The average Bonchev–Trinajstić information content (AvgIpc) is 3.96. The molecule has 0 saturated carbocycles. The Labute approximate surface area is 325 Å². The molecule has 2 unspecified atom stereocenters. The van der Waals surface area contributed by atoms with Crippen molar-refractivity contribution in [3.63, 3.8) is 0 Å². The third kappa shape index (κ3) is 4.12. The summed E-state index contributed by atoms with van der Waals surface area (Å²) in [7, 11) is 0. The predicted octanol–water partition coefficient (Wildman–Crippen LogP) is 9.78. The highest BCUT2D eigenvalue weighted by Gasteiger charge is 2.79. The molecule has 56 heavy (non-hydrogen) atoms. The Balaban J connectivity index is 1.39. The zero-order chi connectivity index (χ0) is 37.8. The number of fused-ring (bicyclic) bond motifs is 12. The lowest BCUT2D eigenvalue weighted by atomic mass is 9.61. The first kappa shape index (κ1) is 32.6. The summed E-state index contributed by atoms with van der Waals surface area (Å²) >= 11 is 1.69. The van der Waals surface area contributed by atoms with E-state index in [1.54, 1.807) is 23.9 Å². The number of amides is 2. The molecule has 268 valence electrons. The number of benzene rings is 6. The molecule has 3 aliphatic rings. The number of hydrogen-bond acceptors (Lipinski definition) is 6. The fourth-order valence-electron chi connectivity index (χ4n) is 9.75. The highest BCUT2D eigenvalue weighted by Crippen LogP contribution is 2.80. The van der Waals surface area contributed by atoms with Crippen molar-refractivity contribution in [2.45, 2.75) is 9.49 Å². The molecule has 0 N–H and O–H groups in total. The molecule has 2 aromatic heterocycles. The maximum Gasteiger partial charge on any atom is 0.269 e. The zero-order valence-corrected chi connectivity index (χ0v) is 30.5. The number of aromatic nitrogens is 2. The number of carbonyl (C=O) groups is 2. The van der Waals surface area contributed by atoms with Gasteiger partial charge in [-0.3, -0.25) is 19.7 Å². The van der Waals surface area contributed by atoms with Crippen LogP contribution in [0.15, 0.2) is 170 Å². The Morgan fingerprint density at radius 3 is 1.70 bits per heavy atom. The molecular formula is C47H30N4O4S. The molecule has 2 fully saturated rings. The predicted molar refractivity (Wildman–Crippen MR) is 218 cm³/mol. The Kier molecular flexibility index (Phi) is 6.88. The molecule has 11 rings (SSSR count). The first-order valence-electron chi connectivity index (χ1n) is 18.5. The van der Waals surface area contributed by atoms with Crippen molar-refractivity contribution in [3.05, 3.63) is 202 Å². The molecule has 2 saturated heterocycles. The summed E-state index contributed by atoms with van der Waals surface area (Å²) in [6, 6.07) is 54.2. The van der Waals surface area contributed by atoms with Crippen molar-refractivity contribution in [1.29, 1.82) is 0 Å². The van der Waals surface area contributed by atoms with E-state index >= 15 is 9.59 Å².